The largest absolute Gasteiger partial charge is 0.290 e. The van der Waals surface area contributed by atoms with Crippen LogP contribution >= 0.6 is 0 Å². The highest BCUT2D eigenvalue weighted by atomic mass is 14.9. The van der Waals surface area contributed by atoms with Gasteiger partial charge < -0.3 is 0 Å². The highest BCUT2D eigenvalue weighted by molar-refractivity contribution is 5.75. The van der Waals surface area contributed by atoms with Crippen LogP contribution < -0.4 is 0 Å². The van der Waals surface area contributed by atoms with E-state index in [4.69, 9.17) is 0 Å². The van der Waals surface area contributed by atoms with Gasteiger partial charge in [0.15, 0.2) is 0 Å². The Labute approximate surface area is 483 Å². The summed E-state index contributed by atoms with van der Waals surface area (Å²) in [4.78, 5) is 33.3. The molecule has 0 atom stereocenters. The van der Waals surface area contributed by atoms with Gasteiger partial charge in [-0.25, -0.2) is 9.98 Å². The van der Waals surface area contributed by atoms with E-state index in [0.717, 1.165) is 0 Å². The minimum Gasteiger partial charge on any atom is -0.290 e. The van der Waals surface area contributed by atoms with Gasteiger partial charge >= 0.3 is 0 Å². The van der Waals surface area contributed by atoms with E-state index < -0.39 is 0 Å². The van der Waals surface area contributed by atoms with Crippen molar-refractivity contribution in [3.8, 4) is 0 Å². The van der Waals surface area contributed by atoms with Gasteiger partial charge in [-0.15, -0.1) is 0 Å². The molecule has 0 aromatic carbocycles. The van der Waals surface area contributed by atoms with Gasteiger partial charge in [0.2, 0.25) is 0 Å². The van der Waals surface area contributed by atoms with Gasteiger partial charge in [0.25, 0.3) is 0 Å². The minimum atomic E-state index is -0.00564. The zero-order chi connectivity index (χ0) is 62.3. The first-order chi connectivity index (χ1) is 34.4. The van der Waals surface area contributed by atoms with Crippen molar-refractivity contribution in [1.82, 2.24) is 0 Å². The molecular weight excluding hydrogens is 941 g/mol. The fourth-order valence-corrected chi connectivity index (χ4v) is 3.55. The predicted molar refractivity (Wildman–Crippen MR) is 364 cm³/mol. The third-order valence-electron chi connectivity index (χ3n) is 7.17. The third-order valence-corrected chi connectivity index (χ3v) is 7.17. The molecule has 0 aliphatic heterocycles. The number of hydrogen-bond acceptors (Lipinski definition) is 6. The quantitative estimate of drug-likeness (QED) is 0.0941. The van der Waals surface area contributed by atoms with E-state index in [-0.39, 0.29) is 32.7 Å². The molecule has 0 aliphatic carbocycles. The number of allylic oxidation sites excluding steroid dienone is 10. The van der Waals surface area contributed by atoms with E-state index in [9.17, 15) is 0 Å². The van der Waals surface area contributed by atoms with Crippen LogP contribution in [0.25, 0.3) is 0 Å². The van der Waals surface area contributed by atoms with E-state index >= 15 is 0 Å². The molecule has 0 unspecified atom stereocenters. The van der Waals surface area contributed by atoms with Crippen molar-refractivity contribution in [1.29, 1.82) is 0 Å². The van der Waals surface area contributed by atoms with E-state index in [2.05, 4.69) is 296 Å². The lowest BCUT2D eigenvalue weighted by Crippen LogP contribution is -2.08. The van der Waals surface area contributed by atoms with Crippen molar-refractivity contribution in [2.45, 2.75) is 265 Å². The lowest BCUT2D eigenvalue weighted by Gasteiger charge is -2.09. The summed E-state index contributed by atoms with van der Waals surface area (Å²) in [5.41, 5.74) is 1.22. The average Bonchev–Trinajstić information content (AvgIpc) is 3.19. The van der Waals surface area contributed by atoms with Gasteiger partial charge in [0, 0.05) is 61.8 Å². The molecule has 0 aromatic heterocycles. The summed E-state index contributed by atoms with van der Waals surface area (Å²) < 4.78 is 0. The van der Waals surface area contributed by atoms with Crippen LogP contribution in [0.3, 0.4) is 0 Å². The molecule has 8 nitrogen and oxygen atoms in total. The fraction of sp³-hybridized carbons (Fsp3) is 0.710. The summed E-state index contributed by atoms with van der Waals surface area (Å²) in [5, 5.41) is 0. The predicted octanol–water partition coefficient (Wildman–Crippen LogP) is 21.6. The Bertz CT molecular complexity index is 1400. The molecule has 0 radical (unpaired) electrons. The summed E-state index contributed by atoms with van der Waals surface area (Å²) in [6, 6.07) is 0.742. The van der Waals surface area contributed by atoms with Crippen molar-refractivity contribution < 1.29 is 0 Å². The van der Waals surface area contributed by atoms with Crippen molar-refractivity contribution in [2.75, 3.05) is 0 Å². The lowest BCUT2D eigenvalue weighted by atomic mass is 9.96. The summed E-state index contributed by atoms with van der Waals surface area (Å²) in [6.07, 6.45) is 39.6. The second kappa shape index (κ2) is 47.8. The molecule has 0 fully saturated rings. The van der Waals surface area contributed by atoms with Crippen LogP contribution in [-0.4, -0.2) is 73.1 Å². The van der Waals surface area contributed by atoms with Crippen LogP contribution in [0.1, 0.15) is 242 Å². The Balaban J connectivity index is -0.000000148. The number of hydrogen-bond donors (Lipinski definition) is 0. The van der Waals surface area contributed by atoms with E-state index in [0.29, 0.717) is 47.1 Å². The zero-order valence-corrected chi connectivity index (χ0v) is 57.7. The molecule has 0 spiro atoms. The Morgan fingerprint density at radius 1 is 0.286 bits per heavy atom. The normalized spacial score (nSPS) is 14.0. The van der Waals surface area contributed by atoms with Gasteiger partial charge in [0.1, 0.15) is 12.7 Å². The first-order valence-corrected chi connectivity index (χ1v) is 28.8. The Kier molecular flexibility index (Phi) is 53.8. The smallest absolute Gasteiger partial charge is 0.110 e. The SMILES string of the molecule is CC(C)/C=C\C=C/C(C)(C)C.CC(C)/C=C\C=NC(C)(C)C.CC(C)/C=C\N=CC(C)(C)C.CC(C)C=N/C=C\C(C)(C)C.CC(C)C=NC=NC(C)(C)C.CC(C)N=C/C=C\C(C)(C)C.CC(C)N=CN=CC(C)(C)C. The molecule has 0 saturated carbocycles. The van der Waals surface area contributed by atoms with Crippen LogP contribution in [0.5, 0.6) is 0 Å². The topological polar surface area (TPSA) is 98.9 Å². The Hall–Kier alpha value is -4.20. The van der Waals surface area contributed by atoms with E-state index in [1.165, 1.54) is 0 Å². The van der Waals surface area contributed by atoms with Gasteiger partial charge in [-0.3, -0.25) is 30.0 Å². The Morgan fingerprint density at radius 2 is 0.675 bits per heavy atom. The standard InChI is InChI=1S/C11H20.4C10H19N.2C9H18N2/c1-10(2)8-6-7-9-11(3,4)5;1-9(2)8-11-7-6-10(3,4)5;1-9(2)6-7-11-8-10(3,4)5;1-9(2)11-8-6-7-10(3,4)5;1-9(2)7-6-8-11-10(3,4)5;1-8(2)11-7-10-6-9(3,4)5;1-8(2)6-10-7-11-9(3,4)5/h6-10H,1-5H3;4*6-9H,1-5H3;2*6-8H,1-5H3/b8-6-,9-7-;4*7-6-,11-8?;;. The number of rotatable bonds is 14. The maximum atomic E-state index is 4.32. The lowest BCUT2D eigenvalue weighted by molar-refractivity contribution is 0.543. The molecule has 0 aliphatic rings. The fourth-order valence-electron chi connectivity index (χ4n) is 3.55. The number of aliphatic imine (C=N–C) groups is 8. The van der Waals surface area contributed by atoms with Gasteiger partial charge in [0.05, 0.1) is 11.1 Å². The first-order valence-electron chi connectivity index (χ1n) is 28.8. The van der Waals surface area contributed by atoms with E-state index in [1.54, 1.807) is 12.7 Å². The van der Waals surface area contributed by atoms with Crippen LogP contribution in [0.4, 0.5) is 0 Å². The van der Waals surface area contributed by atoms with Crippen LogP contribution in [-0.2, 0) is 0 Å². The summed E-state index contributed by atoms with van der Waals surface area (Å²) in [5.74, 6) is 2.90. The first kappa shape index (κ1) is 86.7. The molecule has 0 bridgehead atoms. The van der Waals surface area contributed by atoms with Crippen LogP contribution in [0.2, 0.25) is 0 Å². The second-order valence-electron chi connectivity index (χ2n) is 29.0. The molecule has 448 valence electrons. The third kappa shape index (κ3) is 130. The average molecular weight is 1070 g/mol. The highest BCUT2D eigenvalue weighted by Crippen LogP contribution is 2.16. The molecule has 0 amide bonds. The Morgan fingerprint density at radius 3 is 1.04 bits per heavy atom. The zero-order valence-electron chi connectivity index (χ0n) is 57.7. The van der Waals surface area contributed by atoms with Gasteiger partial charge in [-0.1, -0.05) is 222 Å². The minimum absolute atomic E-state index is 0.00564. The molecule has 0 N–H and O–H groups in total. The van der Waals surface area contributed by atoms with Crippen molar-refractivity contribution in [2.24, 2.45) is 96.6 Å². The summed E-state index contributed by atoms with van der Waals surface area (Å²) in [6.45, 7) is 74.4. The van der Waals surface area contributed by atoms with Crippen molar-refractivity contribution in [3.63, 3.8) is 0 Å². The molecular formula is C69H132N8. The maximum Gasteiger partial charge on any atom is 0.110 e. The van der Waals surface area contributed by atoms with Crippen molar-refractivity contribution >= 4 is 50.0 Å². The monoisotopic (exact) mass is 1070 g/mol. The van der Waals surface area contributed by atoms with Gasteiger partial charge in [-0.2, -0.15) is 0 Å². The summed E-state index contributed by atoms with van der Waals surface area (Å²) in [7, 11) is 0. The highest BCUT2D eigenvalue weighted by Gasteiger charge is 2.07. The number of nitrogens with zero attached hydrogens (tertiary/aromatic N) is 8. The molecule has 0 rings (SSSR count). The second-order valence-corrected chi connectivity index (χ2v) is 29.0. The molecule has 0 heterocycles. The summed E-state index contributed by atoms with van der Waals surface area (Å²) >= 11 is 0. The van der Waals surface area contributed by atoms with Gasteiger partial charge in [-0.05, 0) is 138 Å². The molecule has 8 heteroatoms. The molecule has 0 saturated heterocycles. The van der Waals surface area contributed by atoms with Crippen molar-refractivity contribution in [3.05, 3.63) is 73.2 Å². The van der Waals surface area contributed by atoms with Crippen LogP contribution in [0, 0.1) is 56.7 Å². The molecule has 0 aromatic rings. The van der Waals surface area contributed by atoms with E-state index in [1.807, 2.05) is 96.5 Å². The van der Waals surface area contributed by atoms with Crippen LogP contribution in [0.15, 0.2) is 113 Å². The molecule has 77 heavy (non-hydrogen) atoms. The maximum absolute atomic E-state index is 4.32.